The van der Waals surface area contributed by atoms with Crippen LogP contribution in [0.4, 0.5) is 0 Å². The predicted molar refractivity (Wildman–Crippen MR) is 83.5 cm³/mol. The van der Waals surface area contributed by atoms with Crippen LogP contribution >= 0.6 is 0 Å². The Labute approximate surface area is 123 Å². The highest BCUT2D eigenvalue weighted by atomic mass is 16.3. The molecule has 2 rings (SSSR count). The second kappa shape index (κ2) is 7.84. The molecule has 1 aromatic heterocycles. The number of hydrogen-bond acceptors (Lipinski definition) is 3. The van der Waals surface area contributed by atoms with Gasteiger partial charge in [-0.25, -0.2) is 0 Å². The minimum absolute atomic E-state index is 0.680. The van der Waals surface area contributed by atoms with Gasteiger partial charge in [-0.15, -0.1) is 0 Å². The van der Waals surface area contributed by atoms with Crippen LogP contribution in [0.1, 0.15) is 51.4 Å². The van der Waals surface area contributed by atoms with Crippen molar-refractivity contribution < 1.29 is 4.42 Å². The maximum absolute atomic E-state index is 5.66. The normalized spacial score (nSPS) is 15.4. The van der Waals surface area contributed by atoms with Gasteiger partial charge in [0.05, 0.1) is 12.8 Å². The standard InChI is InChI=1S/C17H30N2O/c1-4-8-19(12-15-5-6-15)13-16-7-9-20-17(16)11-18-10-14(2)3/h7,9,14-15,18H,4-6,8,10-13H2,1-3H3. The Morgan fingerprint density at radius 3 is 2.85 bits per heavy atom. The van der Waals surface area contributed by atoms with E-state index in [4.69, 9.17) is 4.42 Å². The third kappa shape index (κ3) is 5.29. The van der Waals surface area contributed by atoms with Crippen LogP contribution in [0.3, 0.4) is 0 Å². The lowest BCUT2D eigenvalue weighted by molar-refractivity contribution is 0.252. The summed E-state index contributed by atoms with van der Waals surface area (Å²) >= 11 is 0. The molecule has 0 spiro atoms. The van der Waals surface area contributed by atoms with Crippen LogP contribution in [-0.2, 0) is 13.1 Å². The number of nitrogens with zero attached hydrogens (tertiary/aromatic N) is 1. The van der Waals surface area contributed by atoms with Gasteiger partial charge in [0.15, 0.2) is 0 Å². The van der Waals surface area contributed by atoms with E-state index in [1.54, 1.807) is 0 Å². The van der Waals surface area contributed by atoms with Gasteiger partial charge in [-0.05, 0) is 50.3 Å². The van der Waals surface area contributed by atoms with Crippen LogP contribution in [0.25, 0.3) is 0 Å². The molecule has 0 aliphatic heterocycles. The van der Waals surface area contributed by atoms with Crippen molar-refractivity contribution in [2.45, 2.75) is 53.1 Å². The monoisotopic (exact) mass is 278 g/mol. The van der Waals surface area contributed by atoms with E-state index in [2.05, 4.69) is 37.1 Å². The summed E-state index contributed by atoms with van der Waals surface area (Å²) in [4.78, 5) is 2.59. The molecule has 3 nitrogen and oxygen atoms in total. The van der Waals surface area contributed by atoms with Crippen molar-refractivity contribution in [1.82, 2.24) is 10.2 Å². The first-order valence-electron chi connectivity index (χ1n) is 8.17. The molecule has 1 saturated carbocycles. The lowest BCUT2D eigenvalue weighted by Crippen LogP contribution is -2.27. The van der Waals surface area contributed by atoms with Crippen molar-refractivity contribution in [3.8, 4) is 0 Å². The van der Waals surface area contributed by atoms with Crippen LogP contribution in [0, 0.1) is 11.8 Å². The highest BCUT2D eigenvalue weighted by Crippen LogP contribution is 2.30. The molecule has 1 aliphatic carbocycles. The van der Waals surface area contributed by atoms with Gasteiger partial charge in [0.2, 0.25) is 0 Å². The van der Waals surface area contributed by atoms with Crippen LogP contribution in [0.5, 0.6) is 0 Å². The quantitative estimate of drug-likeness (QED) is 0.708. The molecule has 1 fully saturated rings. The van der Waals surface area contributed by atoms with Gasteiger partial charge in [0.1, 0.15) is 5.76 Å². The van der Waals surface area contributed by atoms with E-state index in [-0.39, 0.29) is 0 Å². The molecule has 20 heavy (non-hydrogen) atoms. The van der Waals surface area contributed by atoms with E-state index in [1.807, 2.05) is 6.26 Å². The fourth-order valence-corrected chi connectivity index (χ4v) is 2.59. The summed E-state index contributed by atoms with van der Waals surface area (Å²) in [5.74, 6) is 2.75. The zero-order chi connectivity index (χ0) is 14.4. The molecule has 0 atom stereocenters. The first-order chi connectivity index (χ1) is 9.69. The molecule has 0 amide bonds. The van der Waals surface area contributed by atoms with Crippen molar-refractivity contribution >= 4 is 0 Å². The summed E-state index contributed by atoms with van der Waals surface area (Å²) < 4.78 is 5.66. The van der Waals surface area contributed by atoms with Crippen LogP contribution in [0.15, 0.2) is 16.7 Å². The molecule has 1 aliphatic rings. The molecule has 0 unspecified atom stereocenters. The zero-order valence-corrected chi connectivity index (χ0v) is 13.3. The van der Waals surface area contributed by atoms with Gasteiger partial charge < -0.3 is 9.73 Å². The molecule has 0 aromatic carbocycles. The number of hydrogen-bond donors (Lipinski definition) is 1. The average Bonchev–Trinajstić information content (AvgIpc) is 3.10. The molecular formula is C17H30N2O. The average molecular weight is 278 g/mol. The van der Waals surface area contributed by atoms with Gasteiger partial charge in [0.25, 0.3) is 0 Å². The summed E-state index contributed by atoms with van der Waals surface area (Å²) in [5.41, 5.74) is 1.36. The van der Waals surface area contributed by atoms with Crippen molar-refractivity contribution in [2.24, 2.45) is 11.8 Å². The molecule has 1 N–H and O–H groups in total. The molecule has 0 saturated heterocycles. The SMILES string of the molecule is CCCN(Cc1ccoc1CNCC(C)C)CC1CC1. The third-order valence-corrected chi connectivity index (χ3v) is 3.82. The van der Waals surface area contributed by atoms with E-state index in [9.17, 15) is 0 Å². The Bertz CT molecular complexity index is 382. The summed E-state index contributed by atoms with van der Waals surface area (Å²) in [6.07, 6.45) is 5.91. The van der Waals surface area contributed by atoms with E-state index in [0.29, 0.717) is 5.92 Å². The van der Waals surface area contributed by atoms with Crippen LogP contribution < -0.4 is 5.32 Å². The number of furan rings is 1. The van der Waals surface area contributed by atoms with Crippen LogP contribution in [0.2, 0.25) is 0 Å². The van der Waals surface area contributed by atoms with Crippen molar-refractivity contribution in [3.63, 3.8) is 0 Å². The topological polar surface area (TPSA) is 28.4 Å². The van der Waals surface area contributed by atoms with E-state index in [0.717, 1.165) is 31.3 Å². The minimum Gasteiger partial charge on any atom is -0.468 e. The fourth-order valence-electron chi connectivity index (χ4n) is 2.59. The summed E-state index contributed by atoms with van der Waals surface area (Å²) in [5, 5.41) is 3.47. The Balaban J connectivity index is 1.84. The second-order valence-corrected chi connectivity index (χ2v) is 6.57. The van der Waals surface area contributed by atoms with Gasteiger partial charge in [-0.2, -0.15) is 0 Å². The van der Waals surface area contributed by atoms with Gasteiger partial charge >= 0.3 is 0 Å². The van der Waals surface area contributed by atoms with E-state index in [1.165, 1.54) is 37.9 Å². The molecular weight excluding hydrogens is 248 g/mol. The predicted octanol–water partition coefficient (Wildman–Crippen LogP) is 3.65. The van der Waals surface area contributed by atoms with E-state index >= 15 is 0 Å². The molecule has 1 heterocycles. The largest absolute Gasteiger partial charge is 0.468 e. The number of rotatable bonds is 10. The first kappa shape index (κ1) is 15.6. The Morgan fingerprint density at radius 1 is 1.40 bits per heavy atom. The van der Waals surface area contributed by atoms with Gasteiger partial charge in [0, 0.05) is 18.7 Å². The maximum Gasteiger partial charge on any atom is 0.122 e. The van der Waals surface area contributed by atoms with Gasteiger partial charge in [-0.1, -0.05) is 20.8 Å². The Hall–Kier alpha value is -0.800. The zero-order valence-electron chi connectivity index (χ0n) is 13.3. The van der Waals surface area contributed by atoms with Gasteiger partial charge in [-0.3, -0.25) is 4.90 Å². The second-order valence-electron chi connectivity index (χ2n) is 6.57. The third-order valence-electron chi connectivity index (χ3n) is 3.82. The lowest BCUT2D eigenvalue weighted by atomic mass is 10.2. The minimum atomic E-state index is 0.680. The summed E-state index contributed by atoms with van der Waals surface area (Å²) in [7, 11) is 0. The molecule has 114 valence electrons. The smallest absolute Gasteiger partial charge is 0.122 e. The molecule has 1 aromatic rings. The highest BCUT2D eigenvalue weighted by Gasteiger charge is 2.24. The Morgan fingerprint density at radius 2 is 2.20 bits per heavy atom. The lowest BCUT2D eigenvalue weighted by Gasteiger charge is -2.21. The Kier molecular flexibility index (Phi) is 6.11. The fraction of sp³-hybridized carbons (Fsp3) is 0.765. The molecule has 3 heteroatoms. The molecule has 0 bridgehead atoms. The number of nitrogens with one attached hydrogen (secondary N) is 1. The summed E-state index contributed by atoms with van der Waals surface area (Å²) in [6.45, 7) is 12.1. The maximum atomic E-state index is 5.66. The van der Waals surface area contributed by atoms with Crippen molar-refractivity contribution in [1.29, 1.82) is 0 Å². The van der Waals surface area contributed by atoms with E-state index < -0.39 is 0 Å². The first-order valence-corrected chi connectivity index (χ1v) is 8.17. The highest BCUT2D eigenvalue weighted by molar-refractivity contribution is 5.17. The van der Waals surface area contributed by atoms with Crippen molar-refractivity contribution in [2.75, 3.05) is 19.6 Å². The summed E-state index contributed by atoms with van der Waals surface area (Å²) in [6, 6.07) is 2.14. The van der Waals surface area contributed by atoms with Crippen molar-refractivity contribution in [3.05, 3.63) is 23.7 Å². The molecule has 0 radical (unpaired) electrons. The van der Waals surface area contributed by atoms with Crippen LogP contribution in [-0.4, -0.2) is 24.5 Å².